The molecule has 1 aliphatic heterocycles. The summed E-state index contributed by atoms with van der Waals surface area (Å²) in [6, 6.07) is 16.6. The Morgan fingerprint density at radius 3 is 2.73 bits per heavy atom. The number of hydrogen-bond donors (Lipinski definition) is 3. The number of carbonyl (C=O) groups is 1. The van der Waals surface area contributed by atoms with E-state index in [9.17, 15) is 9.59 Å². The molecule has 0 fully saturated rings. The van der Waals surface area contributed by atoms with Gasteiger partial charge in [0.05, 0.1) is 11.4 Å². The monoisotopic (exact) mass is 534 g/mol. The van der Waals surface area contributed by atoms with Gasteiger partial charge in [0.25, 0.3) is 5.56 Å². The van der Waals surface area contributed by atoms with Gasteiger partial charge in [-0.15, -0.1) is 0 Å². The predicted molar refractivity (Wildman–Crippen MR) is 157 cm³/mol. The maximum absolute atomic E-state index is 13.2. The van der Waals surface area contributed by atoms with E-state index in [0.717, 1.165) is 35.4 Å². The van der Waals surface area contributed by atoms with E-state index in [-0.39, 0.29) is 11.0 Å². The summed E-state index contributed by atoms with van der Waals surface area (Å²) in [6.07, 6.45) is 4.04. The molecule has 3 N–H and O–H groups in total. The Balaban J connectivity index is 1.29. The van der Waals surface area contributed by atoms with E-state index in [0.29, 0.717) is 28.3 Å². The summed E-state index contributed by atoms with van der Waals surface area (Å²) in [5.41, 5.74) is 5.99. The minimum atomic E-state index is -0.415. The molecule has 0 spiro atoms. The minimum Gasteiger partial charge on any atom is -0.384 e. The number of carbonyl (C=O) groups excluding carboxylic acids is 1. The molecular weight excluding hydrogens is 504 g/mol. The van der Waals surface area contributed by atoms with Crippen LogP contribution in [0, 0.1) is 0 Å². The average Bonchev–Trinajstić information content (AvgIpc) is 3.57. The molecule has 2 aromatic carbocycles. The molecular formula is C30H30N8O2. The summed E-state index contributed by atoms with van der Waals surface area (Å²) < 4.78 is 3.28. The van der Waals surface area contributed by atoms with Crippen molar-refractivity contribution in [2.24, 2.45) is 7.05 Å². The molecule has 40 heavy (non-hydrogen) atoms. The van der Waals surface area contributed by atoms with Gasteiger partial charge in [0.15, 0.2) is 0 Å². The molecule has 3 aromatic heterocycles. The van der Waals surface area contributed by atoms with Crippen molar-refractivity contribution in [1.29, 1.82) is 0 Å². The molecule has 202 valence electrons. The third-order valence-electron chi connectivity index (χ3n) is 7.07. The van der Waals surface area contributed by atoms with Crippen molar-refractivity contribution in [2.45, 2.75) is 32.6 Å². The Kier molecular flexibility index (Phi) is 6.10. The predicted octanol–water partition coefficient (Wildman–Crippen LogP) is 5.09. The first kappa shape index (κ1) is 25.3. The van der Waals surface area contributed by atoms with E-state index < -0.39 is 6.03 Å². The van der Waals surface area contributed by atoms with Crippen molar-refractivity contribution >= 4 is 34.3 Å². The lowest BCUT2D eigenvalue weighted by Crippen LogP contribution is -2.22. The summed E-state index contributed by atoms with van der Waals surface area (Å²) in [4.78, 5) is 34.6. The van der Waals surface area contributed by atoms with E-state index >= 15 is 0 Å². The van der Waals surface area contributed by atoms with Crippen LogP contribution in [0.2, 0.25) is 0 Å². The molecule has 6 rings (SSSR count). The Labute approximate surface area is 231 Å². The molecule has 4 heterocycles. The van der Waals surface area contributed by atoms with Gasteiger partial charge in [-0.1, -0.05) is 32.9 Å². The van der Waals surface area contributed by atoms with Gasteiger partial charge < -0.3 is 10.6 Å². The van der Waals surface area contributed by atoms with Crippen LogP contribution in [0.25, 0.3) is 27.8 Å². The van der Waals surface area contributed by atoms with Gasteiger partial charge in [-0.25, -0.2) is 19.4 Å². The van der Waals surface area contributed by atoms with Crippen molar-refractivity contribution in [3.63, 3.8) is 0 Å². The fourth-order valence-corrected chi connectivity index (χ4v) is 4.92. The van der Waals surface area contributed by atoms with Crippen molar-refractivity contribution in [3.8, 4) is 16.8 Å². The second kappa shape index (κ2) is 9.64. The summed E-state index contributed by atoms with van der Waals surface area (Å²) in [5, 5.41) is 14.8. The zero-order valence-corrected chi connectivity index (χ0v) is 22.8. The maximum Gasteiger partial charge on any atom is 0.324 e. The lowest BCUT2D eigenvalue weighted by atomic mass is 9.92. The lowest BCUT2D eigenvalue weighted by molar-refractivity contribution is 0.262. The van der Waals surface area contributed by atoms with Crippen molar-refractivity contribution in [3.05, 3.63) is 88.7 Å². The highest BCUT2D eigenvalue weighted by Gasteiger charge is 2.22. The number of pyridine rings is 1. The van der Waals surface area contributed by atoms with E-state index in [4.69, 9.17) is 5.10 Å². The van der Waals surface area contributed by atoms with Crippen LogP contribution in [-0.4, -0.2) is 36.9 Å². The number of nitrogens with zero attached hydrogens (tertiary/aromatic N) is 5. The maximum atomic E-state index is 13.2. The molecule has 0 aliphatic carbocycles. The molecule has 10 heteroatoms. The number of hydrogen-bond acceptors (Lipinski definition) is 6. The van der Waals surface area contributed by atoms with Gasteiger partial charge in [0, 0.05) is 53.6 Å². The normalized spacial score (nSPS) is 12.7. The zero-order chi connectivity index (χ0) is 28.0. The Bertz CT molecular complexity index is 1830. The first-order valence-electron chi connectivity index (χ1n) is 13.1. The average molecular weight is 535 g/mol. The van der Waals surface area contributed by atoms with Crippen LogP contribution in [0.15, 0.2) is 71.9 Å². The van der Waals surface area contributed by atoms with Crippen LogP contribution in [0.4, 0.5) is 22.0 Å². The summed E-state index contributed by atoms with van der Waals surface area (Å²) >= 11 is 0. The van der Waals surface area contributed by atoms with Gasteiger partial charge in [0.2, 0.25) is 0 Å². The minimum absolute atomic E-state index is 0.184. The first-order chi connectivity index (χ1) is 19.2. The summed E-state index contributed by atoms with van der Waals surface area (Å²) in [7, 11) is 1.68. The molecule has 2 amide bonds. The van der Waals surface area contributed by atoms with Crippen molar-refractivity contribution < 1.29 is 4.79 Å². The number of benzene rings is 2. The zero-order valence-electron chi connectivity index (χ0n) is 22.8. The van der Waals surface area contributed by atoms with E-state index in [2.05, 4.69) is 58.8 Å². The van der Waals surface area contributed by atoms with Gasteiger partial charge in [-0.2, -0.15) is 5.10 Å². The standard InChI is InChI=1S/C30H30N8O2/c1-30(2,3)25-15-26(38(36-25)22-8-9-24-19(13-22)10-11-32-24)35-29(40)34-21-7-5-6-18(12-21)23-14-20-16-31-17-33-27(20)37(4)28(23)39/h5-9,12-17,32H,10-11H2,1-4H3,(H2,34,35,40). The summed E-state index contributed by atoms with van der Waals surface area (Å²) in [6.45, 7) is 7.18. The number of fused-ring (bicyclic) bond motifs is 2. The molecule has 1 aliphatic rings. The quantitative estimate of drug-likeness (QED) is 0.296. The largest absolute Gasteiger partial charge is 0.384 e. The van der Waals surface area contributed by atoms with E-state index in [1.165, 1.54) is 16.5 Å². The van der Waals surface area contributed by atoms with E-state index in [1.54, 1.807) is 42.2 Å². The van der Waals surface area contributed by atoms with Crippen LogP contribution in [0.5, 0.6) is 0 Å². The molecule has 10 nitrogen and oxygen atoms in total. The number of rotatable bonds is 4. The number of amides is 2. The first-order valence-corrected chi connectivity index (χ1v) is 13.1. The van der Waals surface area contributed by atoms with Crippen molar-refractivity contribution in [2.75, 3.05) is 22.5 Å². The highest BCUT2D eigenvalue weighted by atomic mass is 16.2. The SMILES string of the molecule is Cn1c(=O)c(-c2cccc(NC(=O)Nc3cc(C(C)(C)C)nn3-c3ccc4c(c3)CCN4)c2)cc2cncnc21. The third kappa shape index (κ3) is 4.68. The van der Waals surface area contributed by atoms with Gasteiger partial charge >= 0.3 is 6.03 Å². The topological polar surface area (TPSA) is 119 Å². The lowest BCUT2D eigenvalue weighted by Gasteiger charge is -2.14. The highest BCUT2D eigenvalue weighted by molar-refractivity contribution is 6.00. The molecule has 0 radical (unpaired) electrons. The molecule has 5 aromatic rings. The Morgan fingerprint density at radius 2 is 1.90 bits per heavy atom. The van der Waals surface area contributed by atoms with Gasteiger partial charge in [-0.3, -0.25) is 14.7 Å². The molecule has 0 saturated heterocycles. The highest BCUT2D eigenvalue weighted by Crippen LogP contribution is 2.30. The second-order valence-electron chi connectivity index (χ2n) is 11.0. The molecule has 0 saturated carbocycles. The number of nitrogens with one attached hydrogen (secondary N) is 3. The third-order valence-corrected chi connectivity index (χ3v) is 7.07. The molecule has 0 bridgehead atoms. The van der Waals surface area contributed by atoms with Crippen molar-refractivity contribution in [1.82, 2.24) is 24.3 Å². The second-order valence-corrected chi connectivity index (χ2v) is 11.0. The smallest absolute Gasteiger partial charge is 0.324 e. The fourth-order valence-electron chi connectivity index (χ4n) is 4.92. The van der Waals surface area contributed by atoms with Crippen LogP contribution < -0.4 is 21.5 Å². The summed E-state index contributed by atoms with van der Waals surface area (Å²) in [5.74, 6) is 0.563. The molecule has 0 atom stereocenters. The number of urea groups is 1. The Hall–Kier alpha value is -4.99. The van der Waals surface area contributed by atoms with E-state index in [1.807, 2.05) is 18.2 Å². The van der Waals surface area contributed by atoms with Gasteiger partial charge in [-0.05, 0) is 53.9 Å². The fraction of sp³-hybridized carbons (Fsp3) is 0.233. The Morgan fingerprint density at radius 1 is 1.05 bits per heavy atom. The van der Waals surface area contributed by atoms with Crippen LogP contribution in [0.3, 0.4) is 0 Å². The van der Waals surface area contributed by atoms with Crippen LogP contribution in [-0.2, 0) is 18.9 Å². The number of aryl methyl sites for hydroxylation is 1. The van der Waals surface area contributed by atoms with Gasteiger partial charge in [0.1, 0.15) is 17.8 Å². The number of aromatic nitrogens is 5. The molecule has 0 unspecified atom stereocenters. The van der Waals surface area contributed by atoms with Crippen LogP contribution in [0.1, 0.15) is 32.0 Å². The number of anilines is 3. The van der Waals surface area contributed by atoms with Crippen LogP contribution >= 0.6 is 0 Å².